The molecule has 4 aliphatic heterocycles. The molecule has 8 N–H and O–H groups in total. The number of carbonyl (C=O) groups excluding carboxylic acids is 4. The number of fused-ring (bicyclic) bond motifs is 4. The average Bonchev–Trinajstić information content (AvgIpc) is 1.59. The van der Waals surface area contributed by atoms with Gasteiger partial charge in [-0.1, -0.05) is 103 Å². The highest BCUT2D eigenvalue weighted by molar-refractivity contribution is 9.10. The molecule has 4 aliphatic rings. The van der Waals surface area contributed by atoms with Crippen molar-refractivity contribution in [3.05, 3.63) is 298 Å². The molecule has 0 spiro atoms. The molecule has 0 radical (unpaired) electrons. The van der Waals surface area contributed by atoms with Gasteiger partial charge in [0, 0.05) is 69.0 Å². The maximum Gasteiger partial charge on any atom is 0.280 e. The van der Waals surface area contributed by atoms with Gasteiger partial charge in [-0.05, 0) is 78.4 Å². The Bertz CT molecular complexity index is 6150. The van der Waals surface area contributed by atoms with E-state index in [0.29, 0.717) is 70.7 Å². The van der Waals surface area contributed by atoms with Crippen molar-refractivity contribution < 1.29 is 110 Å². The van der Waals surface area contributed by atoms with E-state index in [2.05, 4.69) is 61.8 Å². The van der Waals surface area contributed by atoms with Crippen LogP contribution < -0.4 is 0 Å². The van der Waals surface area contributed by atoms with E-state index in [1.165, 1.54) is 0 Å². The molecule has 0 bridgehead atoms. The fourth-order valence-electron chi connectivity index (χ4n) is 11.9. The minimum Gasteiger partial charge on any atom is -0.494 e. The van der Waals surface area contributed by atoms with Gasteiger partial charge in [0.2, 0.25) is 0 Å². The highest BCUT2D eigenvalue weighted by atomic mass is 79.9. The summed E-state index contributed by atoms with van der Waals surface area (Å²) >= 11 is 31.0. The summed E-state index contributed by atoms with van der Waals surface area (Å²) in [6.07, 6.45) is 0. The fraction of sp³-hybridized carbons (Fsp3) is 0. The smallest absolute Gasteiger partial charge is 0.280 e. The molecule has 8 heterocycles. The van der Waals surface area contributed by atoms with Gasteiger partial charge in [-0.3, -0.25) is 19.2 Å². The number of carbonyl (C=O) groups is 4. The highest BCUT2D eigenvalue weighted by Gasteiger charge is 2.42. The standard InChI is InChI=1S/C18H10Br2N2O2.C18H8Cl4N2O2.2C18H4F8N2O2/c19-11-5-1-9(2-6-11)15-13-14(18(24)21-15)16(22-17(13)23)10-3-7-12(20)8-4-10;19-9-1-7(2-10(20)5-9)15-13-14(18(26)23-15)16(24-17(13)25)8-3-11(21)6-12(22)4-8;19-5-1-3(9(21)13(25)11(5)23)15-7-8(18(30)27-15)16(28-17(7)29)4-2-6(20)12(24)14(26)10(4)22;19-3-1-4(20)12(24)9(11(3)23)15-7-8(18(30)27-15)16(28-17(7)29)10-13(25)5(21)2-6(22)14(10)26/h1-8,21,24H;1-6,23,26H;2*1-2,27,30H. The zero-order valence-corrected chi connectivity index (χ0v) is 59.1. The quantitative estimate of drug-likeness (QED) is 0.0411. The molecule has 0 saturated carbocycles. The topological polar surface area (TPSA) is 262 Å². The summed E-state index contributed by atoms with van der Waals surface area (Å²) in [4.78, 5) is 73.9. The number of aromatic hydroxyl groups is 4. The highest BCUT2D eigenvalue weighted by Crippen LogP contribution is 2.46. The molecular weight excluding hydrogens is 1710 g/mol. The van der Waals surface area contributed by atoms with Gasteiger partial charge >= 0.3 is 0 Å². The van der Waals surface area contributed by atoms with Gasteiger partial charge in [-0.15, -0.1) is 0 Å². The van der Waals surface area contributed by atoms with Crippen molar-refractivity contribution in [2.45, 2.75) is 0 Å². The Morgan fingerprint density at radius 3 is 1.01 bits per heavy atom. The molecule has 4 amide bonds. The number of nitrogens with one attached hydrogen (secondary N) is 4. The molecule has 4 aromatic heterocycles. The third-order valence-corrected chi connectivity index (χ3v) is 18.5. The van der Waals surface area contributed by atoms with Gasteiger partial charge < -0.3 is 40.4 Å². The van der Waals surface area contributed by atoms with Gasteiger partial charge in [0.1, 0.15) is 0 Å². The molecule has 0 unspecified atom stereocenters. The zero-order chi connectivity index (χ0) is 79.6. The van der Waals surface area contributed by atoms with Crippen LogP contribution in [0, 0.1) is 93.1 Å². The van der Waals surface area contributed by atoms with E-state index in [1.54, 1.807) is 36.4 Å². The van der Waals surface area contributed by atoms with Crippen LogP contribution in [-0.4, -0.2) is 86.8 Å². The maximum atomic E-state index is 14.1. The van der Waals surface area contributed by atoms with E-state index in [0.717, 1.165) is 20.1 Å². The van der Waals surface area contributed by atoms with E-state index < -0.39 is 190 Å². The summed E-state index contributed by atoms with van der Waals surface area (Å²) in [5.41, 5.74) is -6.11. The molecule has 16 rings (SSSR count). The first-order valence-electron chi connectivity index (χ1n) is 30.1. The lowest BCUT2D eigenvalue weighted by Crippen LogP contribution is -2.10. The number of hydrogen-bond donors (Lipinski definition) is 8. The van der Waals surface area contributed by atoms with E-state index in [4.69, 9.17) is 46.4 Å². The second-order valence-corrected chi connectivity index (χ2v) is 26.7. The third kappa shape index (κ3) is 13.4. The van der Waals surface area contributed by atoms with E-state index in [1.807, 2.05) is 58.5 Å². The number of halogens is 22. The first-order chi connectivity index (χ1) is 52.0. The predicted molar refractivity (Wildman–Crippen MR) is 372 cm³/mol. The van der Waals surface area contributed by atoms with Gasteiger partial charge in [0.25, 0.3) is 23.6 Å². The second kappa shape index (κ2) is 29.1. The van der Waals surface area contributed by atoms with Crippen molar-refractivity contribution in [3.63, 3.8) is 0 Å². The van der Waals surface area contributed by atoms with Crippen LogP contribution in [0.25, 0.3) is 45.0 Å². The van der Waals surface area contributed by atoms with Crippen molar-refractivity contribution in [1.82, 2.24) is 19.9 Å². The Kier molecular flexibility index (Phi) is 20.3. The number of benzene rings is 8. The molecule has 0 atom stereocenters. The lowest BCUT2D eigenvalue weighted by Gasteiger charge is -2.07. The molecule has 0 saturated heterocycles. The van der Waals surface area contributed by atoms with E-state index in [9.17, 15) is 110 Å². The summed E-state index contributed by atoms with van der Waals surface area (Å²) in [6.45, 7) is 0. The van der Waals surface area contributed by atoms with E-state index >= 15 is 0 Å². The second-order valence-electron chi connectivity index (χ2n) is 23.2. The van der Waals surface area contributed by atoms with Crippen molar-refractivity contribution >= 4 is 125 Å². The van der Waals surface area contributed by atoms with Crippen LogP contribution in [0.4, 0.5) is 70.2 Å². The maximum absolute atomic E-state index is 14.1. The monoisotopic (exact) mass is 1730 g/mol. The van der Waals surface area contributed by atoms with Crippen molar-refractivity contribution in [2.24, 2.45) is 20.0 Å². The Balaban J connectivity index is 0.000000129. The van der Waals surface area contributed by atoms with Crippen molar-refractivity contribution in [3.8, 4) is 68.5 Å². The summed E-state index contributed by atoms with van der Waals surface area (Å²) in [5.74, 6) is -37.5. The lowest BCUT2D eigenvalue weighted by molar-refractivity contribution is 0.0998. The average molecular weight is 1740 g/mol. The summed E-state index contributed by atoms with van der Waals surface area (Å²) < 4.78 is 221. The normalized spacial score (nSPS) is 13.1. The first kappa shape index (κ1) is 76.6. The number of hydrogen-bond acceptors (Lipinski definition) is 8. The summed E-state index contributed by atoms with van der Waals surface area (Å²) in [7, 11) is 0. The van der Waals surface area contributed by atoms with Gasteiger partial charge in [0.15, 0.2) is 117 Å². The van der Waals surface area contributed by atoms with Gasteiger partial charge in [-0.2, -0.15) is 0 Å². The van der Waals surface area contributed by atoms with Crippen LogP contribution >= 0.6 is 78.3 Å². The molecule has 16 nitrogen and oxygen atoms in total. The minimum absolute atomic E-state index is 0.0459. The third-order valence-electron chi connectivity index (χ3n) is 16.6. The number of aromatic nitrogens is 4. The zero-order valence-electron chi connectivity index (χ0n) is 52.9. The lowest BCUT2D eigenvalue weighted by atomic mass is 9.98. The van der Waals surface area contributed by atoms with Crippen LogP contribution in [0.5, 0.6) is 23.5 Å². The van der Waals surface area contributed by atoms with E-state index in [-0.39, 0.29) is 47.5 Å². The Labute approximate surface area is 637 Å². The Morgan fingerprint density at radius 2 is 0.564 bits per heavy atom. The number of rotatable bonds is 8. The minimum atomic E-state index is -2.22. The Morgan fingerprint density at radius 1 is 0.264 bits per heavy atom. The first-order valence-corrected chi connectivity index (χ1v) is 33.2. The van der Waals surface area contributed by atoms with Crippen LogP contribution in [-0.2, 0) is 0 Å². The van der Waals surface area contributed by atoms with Gasteiger partial charge in [0.05, 0.1) is 101 Å². The van der Waals surface area contributed by atoms with Crippen molar-refractivity contribution in [2.75, 3.05) is 0 Å². The number of amides is 4. The molecular formula is C72H26Br2Cl4F16N8O8. The summed E-state index contributed by atoms with van der Waals surface area (Å²) in [5, 5.41) is 42.5. The largest absolute Gasteiger partial charge is 0.494 e. The van der Waals surface area contributed by atoms with Crippen LogP contribution in [0.1, 0.15) is 85.9 Å². The summed E-state index contributed by atoms with van der Waals surface area (Å²) in [6, 6.07) is 24.8. The molecule has 0 fully saturated rings. The van der Waals surface area contributed by atoms with Crippen LogP contribution in [0.2, 0.25) is 20.1 Å². The molecule has 38 heteroatoms. The molecule has 8 aromatic carbocycles. The van der Waals surface area contributed by atoms with Gasteiger partial charge in [-0.25, -0.2) is 90.2 Å². The molecule has 556 valence electrons. The van der Waals surface area contributed by atoms with Crippen LogP contribution in [0.3, 0.4) is 0 Å². The molecule has 12 aromatic rings. The van der Waals surface area contributed by atoms with Crippen LogP contribution in [0.15, 0.2) is 138 Å². The SMILES string of the molecule is O=C1N=C(c2c(F)c(F)cc(F)c2F)c2c(O)[nH]c(-c3c(F)c(F)cc(F)c3F)c21.O=C1N=C(c2cc(Cl)cc(Cl)c2)c2c(O)[nH]c(-c3cc(Cl)cc(Cl)c3)c21.O=C1N=C(c2cc(F)c(F)c(F)c2F)c2c(O)[nH]c(-c3cc(F)c(F)c(F)c3F)c21.O=C1N=C(c2ccc(Br)cc2)c2c(O)[nH]c(-c3ccc(Br)cc3)c21. The van der Waals surface area contributed by atoms with Crippen molar-refractivity contribution in [1.29, 1.82) is 0 Å². The fourth-order valence-corrected chi connectivity index (χ4v) is 13.5. The number of aromatic amines is 4. The number of aliphatic imine (C=N–C) groups is 4. The Hall–Kier alpha value is -11.6. The number of H-pyrrole nitrogens is 4. The molecule has 0 aliphatic carbocycles. The predicted octanol–water partition coefficient (Wildman–Crippen LogP) is 19.9. The molecule has 110 heavy (non-hydrogen) atoms. The number of nitrogens with zero attached hydrogens (tertiary/aromatic N) is 4.